The highest BCUT2D eigenvalue weighted by molar-refractivity contribution is 5.78. The van der Waals surface area contributed by atoms with Gasteiger partial charge in [0.15, 0.2) is 18.1 Å². The first-order valence-corrected chi connectivity index (χ1v) is 9.39. The lowest BCUT2D eigenvalue weighted by molar-refractivity contribution is -0.137. The number of rotatable bonds is 5. The van der Waals surface area contributed by atoms with Gasteiger partial charge in [-0.3, -0.25) is 4.79 Å². The molecule has 1 atom stereocenters. The van der Waals surface area contributed by atoms with Gasteiger partial charge in [-0.05, 0) is 49.9 Å². The molecule has 0 bridgehead atoms. The van der Waals surface area contributed by atoms with E-state index < -0.39 is 0 Å². The summed E-state index contributed by atoms with van der Waals surface area (Å²) >= 11 is 0. The molecule has 0 spiro atoms. The first-order valence-electron chi connectivity index (χ1n) is 9.39. The number of amides is 1. The van der Waals surface area contributed by atoms with Gasteiger partial charge in [0, 0.05) is 12.7 Å². The third-order valence-electron chi connectivity index (χ3n) is 5.04. The molecule has 4 rings (SSSR count). The van der Waals surface area contributed by atoms with Crippen LogP contribution in [-0.2, 0) is 4.79 Å². The molecule has 0 radical (unpaired) electrons. The van der Waals surface area contributed by atoms with Crippen molar-refractivity contribution in [3.63, 3.8) is 0 Å². The number of methoxy groups -OCH3 is 1. The van der Waals surface area contributed by atoms with Gasteiger partial charge in [-0.2, -0.15) is 14.6 Å². The summed E-state index contributed by atoms with van der Waals surface area (Å²) in [6.07, 6.45) is 6.09. The van der Waals surface area contributed by atoms with Gasteiger partial charge < -0.3 is 14.4 Å². The number of benzene rings is 1. The standard InChI is InChI=1S/C20H23N5O3/c1-14-6-7-17(18(11-14)27-2)28-12-19(26)24-10-4-3-5-15(24)16-8-9-21-20-22-13-23-25(16)20/h6-9,11,13,15H,3-5,10,12H2,1-2H3/t15-/m0/s1. The number of nitrogens with zero attached hydrogens (tertiary/aromatic N) is 5. The van der Waals surface area contributed by atoms with Gasteiger partial charge in [0.2, 0.25) is 0 Å². The number of carbonyl (C=O) groups is 1. The van der Waals surface area contributed by atoms with Crippen molar-refractivity contribution in [1.82, 2.24) is 24.5 Å². The number of ether oxygens (including phenoxy) is 2. The maximum atomic E-state index is 13.0. The second kappa shape index (κ2) is 7.84. The van der Waals surface area contributed by atoms with Crippen molar-refractivity contribution in [2.75, 3.05) is 20.3 Å². The lowest BCUT2D eigenvalue weighted by atomic mass is 9.99. The van der Waals surface area contributed by atoms with Crippen LogP contribution in [0.2, 0.25) is 0 Å². The van der Waals surface area contributed by atoms with Crippen molar-refractivity contribution in [2.45, 2.75) is 32.2 Å². The molecule has 0 saturated carbocycles. The molecule has 1 fully saturated rings. The highest BCUT2D eigenvalue weighted by atomic mass is 16.5. The molecule has 3 aromatic rings. The minimum absolute atomic E-state index is 0.0402. The first kappa shape index (κ1) is 18.2. The number of likely N-dealkylation sites (tertiary alicyclic amines) is 1. The molecule has 0 unspecified atom stereocenters. The average molecular weight is 381 g/mol. The van der Waals surface area contributed by atoms with Crippen LogP contribution in [0, 0.1) is 6.92 Å². The van der Waals surface area contributed by atoms with Crippen molar-refractivity contribution >= 4 is 11.7 Å². The van der Waals surface area contributed by atoms with Crippen molar-refractivity contribution in [3.8, 4) is 11.5 Å². The molecule has 1 aliphatic heterocycles. The summed E-state index contributed by atoms with van der Waals surface area (Å²) < 4.78 is 12.9. The van der Waals surface area contributed by atoms with E-state index in [-0.39, 0.29) is 18.6 Å². The fourth-order valence-electron chi connectivity index (χ4n) is 3.66. The van der Waals surface area contributed by atoms with Crippen LogP contribution in [0.3, 0.4) is 0 Å². The number of fused-ring (bicyclic) bond motifs is 1. The maximum absolute atomic E-state index is 13.0. The molecule has 8 heteroatoms. The fourth-order valence-corrected chi connectivity index (χ4v) is 3.66. The number of hydrogen-bond acceptors (Lipinski definition) is 6. The van der Waals surface area contributed by atoms with E-state index in [0.29, 0.717) is 23.8 Å². The molecule has 1 aromatic carbocycles. The predicted molar refractivity (Wildman–Crippen MR) is 102 cm³/mol. The Bertz CT molecular complexity index is 987. The molecule has 1 saturated heterocycles. The zero-order chi connectivity index (χ0) is 19.5. The Labute approximate surface area is 163 Å². The summed E-state index contributed by atoms with van der Waals surface area (Å²) in [6.45, 7) is 2.63. The number of aromatic nitrogens is 4. The molecule has 0 aliphatic carbocycles. The van der Waals surface area contributed by atoms with Gasteiger partial charge in [0.25, 0.3) is 11.7 Å². The van der Waals surface area contributed by atoms with E-state index in [0.717, 1.165) is 30.5 Å². The van der Waals surface area contributed by atoms with Gasteiger partial charge in [-0.1, -0.05) is 6.07 Å². The van der Waals surface area contributed by atoms with Crippen molar-refractivity contribution in [3.05, 3.63) is 48.0 Å². The molecule has 3 heterocycles. The summed E-state index contributed by atoms with van der Waals surface area (Å²) in [4.78, 5) is 23.2. The smallest absolute Gasteiger partial charge is 0.261 e. The minimum Gasteiger partial charge on any atom is -0.493 e. The molecule has 146 valence electrons. The Hall–Kier alpha value is -3.16. The van der Waals surface area contributed by atoms with Crippen LogP contribution in [0.4, 0.5) is 0 Å². The molecule has 1 amide bonds. The number of aryl methyl sites for hydroxylation is 1. The Balaban J connectivity index is 1.53. The van der Waals surface area contributed by atoms with Gasteiger partial charge >= 0.3 is 0 Å². The van der Waals surface area contributed by atoms with Gasteiger partial charge in [0.05, 0.1) is 18.8 Å². The van der Waals surface area contributed by atoms with Crippen LogP contribution in [0.25, 0.3) is 5.78 Å². The van der Waals surface area contributed by atoms with E-state index >= 15 is 0 Å². The Morgan fingerprint density at radius 2 is 2.11 bits per heavy atom. The van der Waals surface area contributed by atoms with Crippen molar-refractivity contribution in [1.29, 1.82) is 0 Å². The number of hydrogen-bond donors (Lipinski definition) is 0. The summed E-state index contributed by atoms with van der Waals surface area (Å²) in [5, 5.41) is 4.27. The van der Waals surface area contributed by atoms with E-state index in [1.54, 1.807) is 17.8 Å². The minimum atomic E-state index is -0.0723. The van der Waals surface area contributed by atoms with Crippen molar-refractivity contribution in [2.24, 2.45) is 0 Å². The Kier molecular flexibility index (Phi) is 5.10. The van der Waals surface area contributed by atoms with Crippen LogP contribution >= 0.6 is 0 Å². The molecule has 28 heavy (non-hydrogen) atoms. The fraction of sp³-hybridized carbons (Fsp3) is 0.400. The molecular formula is C20H23N5O3. The lowest BCUT2D eigenvalue weighted by Gasteiger charge is -2.35. The molecule has 2 aromatic heterocycles. The van der Waals surface area contributed by atoms with Gasteiger partial charge in [0.1, 0.15) is 6.33 Å². The van der Waals surface area contributed by atoms with E-state index in [4.69, 9.17) is 9.47 Å². The summed E-state index contributed by atoms with van der Waals surface area (Å²) in [6, 6.07) is 7.49. The van der Waals surface area contributed by atoms with E-state index in [9.17, 15) is 4.79 Å². The van der Waals surface area contributed by atoms with E-state index in [1.165, 1.54) is 6.33 Å². The van der Waals surface area contributed by atoms with Crippen molar-refractivity contribution < 1.29 is 14.3 Å². The SMILES string of the molecule is COc1cc(C)ccc1OCC(=O)N1CCCC[C@H]1c1ccnc2ncnn12. The Morgan fingerprint density at radius 3 is 2.96 bits per heavy atom. The average Bonchev–Trinajstić information content (AvgIpc) is 3.21. The Morgan fingerprint density at radius 1 is 1.21 bits per heavy atom. The number of carbonyl (C=O) groups excluding carboxylic acids is 1. The predicted octanol–water partition coefficient (Wildman–Crippen LogP) is 2.57. The highest BCUT2D eigenvalue weighted by Gasteiger charge is 2.30. The number of piperidine rings is 1. The second-order valence-electron chi connectivity index (χ2n) is 6.88. The maximum Gasteiger partial charge on any atom is 0.261 e. The normalized spacial score (nSPS) is 16.9. The lowest BCUT2D eigenvalue weighted by Crippen LogP contribution is -2.41. The van der Waals surface area contributed by atoms with E-state index in [1.807, 2.05) is 36.1 Å². The largest absolute Gasteiger partial charge is 0.493 e. The summed E-state index contributed by atoms with van der Waals surface area (Å²) in [7, 11) is 1.59. The first-order chi connectivity index (χ1) is 13.7. The topological polar surface area (TPSA) is 81.9 Å². The van der Waals surface area contributed by atoms with Crippen LogP contribution in [-0.4, -0.2) is 50.7 Å². The zero-order valence-corrected chi connectivity index (χ0v) is 16.0. The zero-order valence-electron chi connectivity index (χ0n) is 16.0. The third kappa shape index (κ3) is 3.49. The van der Waals surface area contributed by atoms with E-state index in [2.05, 4.69) is 15.1 Å². The summed E-state index contributed by atoms with van der Waals surface area (Å²) in [5.41, 5.74) is 1.99. The molecular weight excluding hydrogens is 358 g/mol. The van der Waals surface area contributed by atoms with Gasteiger partial charge in [-0.25, -0.2) is 4.98 Å². The van der Waals surface area contributed by atoms with Gasteiger partial charge in [-0.15, -0.1) is 0 Å². The van der Waals surface area contributed by atoms with Crippen LogP contribution in [0.1, 0.15) is 36.6 Å². The van der Waals surface area contributed by atoms with Crippen LogP contribution in [0.5, 0.6) is 11.5 Å². The monoisotopic (exact) mass is 381 g/mol. The summed E-state index contributed by atoms with van der Waals surface area (Å²) in [5.74, 6) is 1.67. The highest BCUT2D eigenvalue weighted by Crippen LogP contribution is 2.32. The van der Waals surface area contributed by atoms with Crippen LogP contribution < -0.4 is 9.47 Å². The second-order valence-corrected chi connectivity index (χ2v) is 6.88. The molecule has 8 nitrogen and oxygen atoms in total. The van der Waals surface area contributed by atoms with Crippen LogP contribution in [0.15, 0.2) is 36.8 Å². The molecule has 1 aliphatic rings. The molecule has 0 N–H and O–H groups in total. The quantitative estimate of drug-likeness (QED) is 0.676. The third-order valence-corrected chi connectivity index (χ3v) is 5.04.